The van der Waals surface area contributed by atoms with E-state index in [-0.39, 0.29) is 5.91 Å². The van der Waals surface area contributed by atoms with Crippen LogP contribution < -0.4 is 11.1 Å². The maximum atomic E-state index is 11.8. The molecule has 0 atom stereocenters. The number of carbonyl (C=O) groups excluding carboxylic acids is 1. The predicted molar refractivity (Wildman–Crippen MR) is 67.4 cm³/mol. The standard InChI is InChI=1S/C13H20N2O/c1-9(2)7-8-15-13(16)11-6-4-5-10(3)12(11)14/h4-6,9H,7-8,14H2,1-3H3,(H,15,16). The molecule has 1 rings (SSSR count). The lowest BCUT2D eigenvalue weighted by atomic mass is 10.1. The summed E-state index contributed by atoms with van der Waals surface area (Å²) in [6, 6.07) is 5.51. The first-order valence-corrected chi connectivity index (χ1v) is 5.65. The first-order chi connectivity index (χ1) is 7.52. The van der Waals surface area contributed by atoms with E-state index in [4.69, 9.17) is 5.73 Å². The molecular formula is C13H20N2O. The zero-order valence-corrected chi connectivity index (χ0v) is 10.2. The van der Waals surface area contributed by atoms with Crippen molar-refractivity contribution < 1.29 is 4.79 Å². The van der Waals surface area contributed by atoms with Gasteiger partial charge in [0.25, 0.3) is 5.91 Å². The number of benzene rings is 1. The molecule has 0 saturated carbocycles. The lowest BCUT2D eigenvalue weighted by Gasteiger charge is -2.10. The van der Waals surface area contributed by atoms with E-state index in [1.165, 1.54) is 0 Å². The van der Waals surface area contributed by atoms with Crippen LogP contribution >= 0.6 is 0 Å². The summed E-state index contributed by atoms with van der Waals surface area (Å²) in [6.07, 6.45) is 0.984. The van der Waals surface area contributed by atoms with Crippen molar-refractivity contribution in [2.45, 2.75) is 27.2 Å². The molecule has 88 valence electrons. The van der Waals surface area contributed by atoms with Gasteiger partial charge in [0.05, 0.1) is 5.56 Å². The molecule has 3 N–H and O–H groups in total. The van der Waals surface area contributed by atoms with Crippen LogP contribution in [-0.2, 0) is 0 Å². The van der Waals surface area contributed by atoms with Crippen molar-refractivity contribution in [3.05, 3.63) is 29.3 Å². The Morgan fingerprint density at radius 3 is 2.75 bits per heavy atom. The molecule has 0 radical (unpaired) electrons. The molecular weight excluding hydrogens is 200 g/mol. The lowest BCUT2D eigenvalue weighted by molar-refractivity contribution is 0.0953. The number of hydrogen-bond donors (Lipinski definition) is 2. The third-order valence-electron chi connectivity index (χ3n) is 2.58. The van der Waals surface area contributed by atoms with Gasteiger partial charge in [-0.1, -0.05) is 26.0 Å². The number of nitrogen functional groups attached to an aromatic ring is 1. The molecule has 0 aromatic heterocycles. The molecule has 3 nitrogen and oxygen atoms in total. The van der Waals surface area contributed by atoms with Crippen molar-refractivity contribution in [3.63, 3.8) is 0 Å². The summed E-state index contributed by atoms with van der Waals surface area (Å²) in [5.74, 6) is 0.511. The van der Waals surface area contributed by atoms with Crippen LogP contribution in [0.4, 0.5) is 5.69 Å². The molecule has 0 aliphatic heterocycles. The molecule has 0 fully saturated rings. The molecule has 1 aromatic rings. The second-order valence-corrected chi connectivity index (χ2v) is 4.47. The highest BCUT2D eigenvalue weighted by atomic mass is 16.1. The van der Waals surface area contributed by atoms with E-state index < -0.39 is 0 Å². The van der Waals surface area contributed by atoms with Gasteiger partial charge in [-0.25, -0.2) is 0 Å². The monoisotopic (exact) mass is 220 g/mol. The molecule has 0 unspecified atom stereocenters. The zero-order chi connectivity index (χ0) is 12.1. The highest BCUT2D eigenvalue weighted by Crippen LogP contribution is 2.16. The second kappa shape index (κ2) is 5.54. The summed E-state index contributed by atoms with van der Waals surface area (Å²) in [5, 5.41) is 2.88. The average molecular weight is 220 g/mol. The second-order valence-electron chi connectivity index (χ2n) is 4.47. The Hall–Kier alpha value is -1.51. The largest absolute Gasteiger partial charge is 0.398 e. The van der Waals surface area contributed by atoms with Crippen molar-refractivity contribution in [2.24, 2.45) is 5.92 Å². The maximum absolute atomic E-state index is 11.8. The minimum absolute atomic E-state index is 0.0816. The van der Waals surface area contributed by atoms with E-state index in [2.05, 4.69) is 19.2 Å². The maximum Gasteiger partial charge on any atom is 0.253 e. The van der Waals surface area contributed by atoms with Crippen molar-refractivity contribution in [3.8, 4) is 0 Å². The molecule has 1 aromatic carbocycles. The van der Waals surface area contributed by atoms with Crippen LogP contribution in [0.3, 0.4) is 0 Å². The highest BCUT2D eigenvalue weighted by Gasteiger charge is 2.09. The molecule has 0 spiro atoms. The van der Waals surface area contributed by atoms with E-state index in [1.54, 1.807) is 6.07 Å². The smallest absolute Gasteiger partial charge is 0.253 e. The van der Waals surface area contributed by atoms with Crippen LogP contribution in [-0.4, -0.2) is 12.5 Å². The summed E-state index contributed by atoms with van der Waals surface area (Å²) in [6.45, 7) is 6.87. The van der Waals surface area contributed by atoms with Gasteiger partial charge in [0.1, 0.15) is 0 Å². The topological polar surface area (TPSA) is 55.1 Å². The van der Waals surface area contributed by atoms with Gasteiger partial charge in [-0.05, 0) is 30.9 Å². The van der Waals surface area contributed by atoms with Crippen LogP contribution in [0.25, 0.3) is 0 Å². The minimum Gasteiger partial charge on any atom is -0.398 e. The normalized spacial score (nSPS) is 10.5. The predicted octanol–water partition coefficient (Wildman–Crippen LogP) is 2.35. The van der Waals surface area contributed by atoms with Gasteiger partial charge < -0.3 is 11.1 Å². The van der Waals surface area contributed by atoms with Gasteiger partial charge in [0.15, 0.2) is 0 Å². The molecule has 0 bridgehead atoms. The molecule has 0 aliphatic carbocycles. The third-order valence-corrected chi connectivity index (χ3v) is 2.58. The van der Waals surface area contributed by atoms with Crippen LogP contribution in [0.1, 0.15) is 36.2 Å². The van der Waals surface area contributed by atoms with Gasteiger partial charge in [0, 0.05) is 12.2 Å². The van der Waals surface area contributed by atoms with Gasteiger partial charge in [-0.3, -0.25) is 4.79 Å². The Balaban J connectivity index is 2.63. The summed E-state index contributed by atoms with van der Waals surface area (Å²) in [7, 11) is 0. The van der Waals surface area contributed by atoms with Crippen molar-refractivity contribution >= 4 is 11.6 Å². The fourth-order valence-electron chi connectivity index (χ4n) is 1.45. The van der Waals surface area contributed by atoms with Gasteiger partial charge in [-0.15, -0.1) is 0 Å². The molecule has 1 amide bonds. The molecule has 0 heterocycles. The molecule has 0 aliphatic rings. The van der Waals surface area contributed by atoms with Gasteiger partial charge >= 0.3 is 0 Å². The number of carbonyl (C=O) groups is 1. The number of aryl methyl sites for hydroxylation is 1. The molecule has 0 saturated heterocycles. The van der Waals surface area contributed by atoms with E-state index in [0.29, 0.717) is 23.7 Å². The average Bonchev–Trinajstić information content (AvgIpc) is 2.21. The minimum atomic E-state index is -0.0816. The molecule has 16 heavy (non-hydrogen) atoms. The quantitative estimate of drug-likeness (QED) is 0.765. The summed E-state index contributed by atoms with van der Waals surface area (Å²) in [5.41, 5.74) is 7.94. The molecule has 3 heteroatoms. The third kappa shape index (κ3) is 3.26. The number of nitrogens with two attached hydrogens (primary N) is 1. The highest BCUT2D eigenvalue weighted by molar-refractivity contribution is 5.99. The number of anilines is 1. The Morgan fingerprint density at radius 2 is 2.12 bits per heavy atom. The van der Waals surface area contributed by atoms with Crippen molar-refractivity contribution in [2.75, 3.05) is 12.3 Å². The Labute approximate surface area is 97.0 Å². The van der Waals surface area contributed by atoms with Crippen LogP contribution in [0.2, 0.25) is 0 Å². The zero-order valence-electron chi connectivity index (χ0n) is 10.2. The van der Waals surface area contributed by atoms with E-state index in [0.717, 1.165) is 12.0 Å². The summed E-state index contributed by atoms with van der Waals surface area (Å²) >= 11 is 0. The van der Waals surface area contributed by atoms with E-state index in [9.17, 15) is 4.79 Å². The lowest BCUT2D eigenvalue weighted by Crippen LogP contribution is -2.26. The number of nitrogens with one attached hydrogen (secondary N) is 1. The van der Waals surface area contributed by atoms with Crippen LogP contribution in [0, 0.1) is 12.8 Å². The fourth-order valence-corrected chi connectivity index (χ4v) is 1.45. The SMILES string of the molecule is Cc1cccc(C(=O)NCCC(C)C)c1N. The number of rotatable bonds is 4. The van der Waals surface area contributed by atoms with Gasteiger partial charge in [0.2, 0.25) is 0 Å². The van der Waals surface area contributed by atoms with E-state index >= 15 is 0 Å². The Bertz CT molecular complexity index is 372. The van der Waals surface area contributed by atoms with Crippen molar-refractivity contribution in [1.82, 2.24) is 5.32 Å². The van der Waals surface area contributed by atoms with Crippen molar-refractivity contribution in [1.29, 1.82) is 0 Å². The Morgan fingerprint density at radius 1 is 1.44 bits per heavy atom. The van der Waals surface area contributed by atoms with Gasteiger partial charge in [-0.2, -0.15) is 0 Å². The summed E-state index contributed by atoms with van der Waals surface area (Å²) < 4.78 is 0. The number of para-hydroxylation sites is 1. The first-order valence-electron chi connectivity index (χ1n) is 5.65. The van der Waals surface area contributed by atoms with Crippen LogP contribution in [0.5, 0.6) is 0 Å². The van der Waals surface area contributed by atoms with Crippen LogP contribution in [0.15, 0.2) is 18.2 Å². The Kier molecular flexibility index (Phi) is 4.35. The number of hydrogen-bond acceptors (Lipinski definition) is 2. The number of amides is 1. The first kappa shape index (κ1) is 12.6. The summed E-state index contributed by atoms with van der Waals surface area (Å²) in [4.78, 5) is 11.8. The fraction of sp³-hybridized carbons (Fsp3) is 0.462. The van der Waals surface area contributed by atoms with E-state index in [1.807, 2.05) is 19.1 Å².